The van der Waals surface area contributed by atoms with E-state index in [1.54, 1.807) is 0 Å². The summed E-state index contributed by atoms with van der Waals surface area (Å²) in [5.41, 5.74) is 3.47. The van der Waals surface area contributed by atoms with Gasteiger partial charge in [0.2, 0.25) is 0 Å². The first-order valence-electron chi connectivity index (χ1n) is 7.32. The lowest BCUT2D eigenvalue weighted by Crippen LogP contribution is -2.10. The van der Waals surface area contributed by atoms with Gasteiger partial charge in [-0.25, -0.2) is 0 Å². The number of hydrogen-bond acceptors (Lipinski definition) is 3. The predicted octanol–water partition coefficient (Wildman–Crippen LogP) is 4.15. The third kappa shape index (κ3) is 4.42. The van der Waals surface area contributed by atoms with Crippen LogP contribution in [0.2, 0.25) is 0 Å². The van der Waals surface area contributed by atoms with E-state index in [4.69, 9.17) is 4.74 Å². The maximum Gasteiger partial charge on any atom is 0.124 e. The van der Waals surface area contributed by atoms with E-state index < -0.39 is 0 Å². The molecule has 3 nitrogen and oxygen atoms in total. The van der Waals surface area contributed by atoms with E-state index in [0.717, 1.165) is 18.0 Å². The highest BCUT2D eigenvalue weighted by molar-refractivity contribution is 5.57. The third-order valence-electron chi connectivity index (χ3n) is 3.18. The number of hydrogen-bond donors (Lipinski definition) is 1. The summed E-state index contributed by atoms with van der Waals surface area (Å²) in [6.07, 6.45) is 0.184. The third-order valence-corrected chi connectivity index (χ3v) is 3.18. The first kappa shape index (κ1) is 15.2. The summed E-state index contributed by atoms with van der Waals surface area (Å²) in [4.78, 5) is 2.10. The molecule has 1 N–H and O–H groups in total. The van der Waals surface area contributed by atoms with Crippen LogP contribution in [0.25, 0.3) is 0 Å². The second kappa shape index (κ2) is 7.02. The number of benzene rings is 2. The van der Waals surface area contributed by atoms with Gasteiger partial charge in [0.25, 0.3) is 0 Å². The Morgan fingerprint density at radius 3 is 2.52 bits per heavy atom. The standard InChI is InChI=1S/C18H24N2O/c1-14(2)21-18-11-6-5-8-15(18)13-19-16-9-7-10-17(12-16)20(3)4/h5-12,14,19H,13H2,1-4H3. The van der Waals surface area contributed by atoms with Crippen molar-refractivity contribution in [3.63, 3.8) is 0 Å². The van der Waals surface area contributed by atoms with Crippen molar-refractivity contribution in [3.8, 4) is 5.75 Å². The fraction of sp³-hybridized carbons (Fsp3) is 0.333. The number of para-hydroxylation sites is 1. The number of nitrogens with zero attached hydrogens (tertiary/aromatic N) is 1. The van der Waals surface area contributed by atoms with Crippen LogP contribution in [0.5, 0.6) is 5.75 Å². The Hall–Kier alpha value is -2.16. The molecule has 0 aliphatic rings. The minimum Gasteiger partial charge on any atom is -0.491 e. The molecule has 0 aromatic heterocycles. The van der Waals surface area contributed by atoms with Gasteiger partial charge < -0.3 is 15.0 Å². The summed E-state index contributed by atoms with van der Waals surface area (Å²) in [5, 5.41) is 3.46. The number of anilines is 2. The lowest BCUT2D eigenvalue weighted by molar-refractivity contribution is 0.240. The molecule has 21 heavy (non-hydrogen) atoms. The Labute approximate surface area is 127 Å². The number of rotatable bonds is 6. The largest absolute Gasteiger partial charge is 0.491 e. The lowest BCUT2D eigenvalue weighted by atomic mass is 10.2. The minimum atomic E-state index is 0.184. The molecule has 2 aromatic carbocycles. The Kier molecular flexibility index (Phi) is 5.09. The summed E-state index contributed by atoms with van der Waals surface area (Å²) < 4.78 is 5.85. The van der Waals surface area contributed by atoms with Crippen molar-refractivity contribution < 1.29 is 4.74 Å². The molecule has 2 aromatic rings. The highest BCUT2D eigenvalue weighted by atomic mass is 16.5. The summed E-state index contributed by atoms with van der Waals surface area (Å²) in [7, 11) is 4.09. The first-order chi connectivity index (χ1) is 10.1. The highest BCUT2D eigenvalue weighted by Gasteiger charge is 2.05. The van der Waals surface area contributed by atoms with Crippen molar-refractivity contribution >= 4 is 11.4 Å². The van der Waals surface area contributed by atoms with Gasteiger partial charge in [-0.2, -0.15) is 0 Å². The van der Waals surface area contributed by atoms with Gasteiger partial charge in [-0.05, 0) is 38.1 Å². The van der Waals surface area contributed by atoms with E-state index in [2.05, 4.69) is 40.5 Å². The molecule has 2 rings (SSSR count). The van der Waals surface area contributed by atoms with Gasteiger partial charge in [-0.1, -0.05) is 24.3 Å². The van der Waals surface area contributed by atoms with Crippen molar-refractivity contribution in [2.45, 2.75) is 26.5 Å². The SMILES string of the molecule is CC(C)Oc1ccccc1CNc1cccc(N(C)C)c1. The monoisotopic (exact) mass is 284 g/mol. The average Bonchev–Trinajstić information content (AvgIpc) is 2.46. The lowest BCUT2D eigenvalue weighted by Gasteiger charge is -2.16. The molecule has 0 aliphatic carbocycles. The van der Waals surface area contributed by atoms with Crippen LogP contribution in [-0.2, 0) is 6.54 Å². The smallest absolute Gasteiger partial charge is 0.124 e. The Bertz CT molecular complexity index is 579. The Morgan fingerprint density at radius 2 is 1.81 bits per heavy atom. The Balaban J connectivity index is 2.08. The predicted molar refractivity (Wildman–Crippen MR) is 90.3 cm³/mol. The fourth-order valence-corrected chi connectivity index (χ4v) is 2.11. The maximum atomic E-state index is 5.85. The molecule has 112 valence electrons. The van der Waals surface area contributed by atoms with Gasteiger partial charge in [-0.15, -0.1) is 0 Å². The van der Waals surface area contributed by atoms with Gasteiger partial charge in [0, 0.05) is 37.6 Å². The van der Waals surface area contributed by atoms with E-state index >= 15 is 0 Å². The maximum absolute atomic E-state index is 5.85. The molecule has 0 bridgehead atoms. The molecule has 0 radical (unpaired) electrons. The van der Waals surface area contributed by atoms with Gasteiger partial charge in [0.05, 0.1) is 6.10 Å². The molecular formula is C18H24N2O. The molecule has 0 spiro atoms. The minimum absolute atomic E-state index is 0.184. The normalized spacial score (nSPS) is 10.5. The molecule has 0 heterocycles. The van der Waals surface area contributed by atoms with Gasteiger partial charge in [0.15, 0.2) is 0 Å². The van der Waals surface area contributed by atoms with Crippen LogP contribution in [0.15, 0.2) is 48.5 Å². The summed E-state index contributed by atoms with van der Waals surface area (Å²) in [6.45, 7) is 4.84. The zero-order chi connectivity index (χ0) is 15.2. The quantitative estimate of drug-likeness (QED) is 0.862. The fourth-order valence-electron chi connectivity index (χ4n) is 2.11. The molecule has 0 unspecified atom stereocenters. The van der Waals surface area contributed by atoms with Gasteiger partial charge in [-0.3, -0.25) is 0 Å². The molecule has 3 heteroatoms. The van der Waals surface area contributed by atoms with Crippen molar-refractivity contribution in [1.82, 2.24) is 0 Å². The van der Waals surface area contributed by atoms with E-state index in [0.29, 0.717) is 0 Å². The number of ether oxygens (including phenoxy) is 1. The second-order valence-electron chi connectivity index (χ2n) is 5.57. The molecule has 0 fully saturated rings. The van der Waals surface area contributed by atoms with Crippen LogP contribution in [0, 0.1) is 0 Å². The van der Waals surface area contributed by atoms with Crippen LogP contribution < -0.4 is 15.0 Å². The van der Waals surface area contributed by atoms with Crippen molar-refractivity contribution in [2.24, 2.45) is 0 Å². The highest BCUT2D eigenvalue weighted by Crippen LogP contribution is 2.22. The van der Waals surface area contributed by atoms with Gasteiger partial charge >= 0.3 is 0 Å². The van der Waals surface area contributed by atoms with E-state index in [1.165, 1.54) is 11.3 Å². The molecule has 0 saturated heterocycles. The van der Waals surface area contributed by atoms with Crippen molar-refractivity contribution in [2.75, 3.05) is 24.3 Å². The van der Waals surface area contributed by atoms with Crippen LogP contribution >= 0.6 is 0 Å². The molecule has 0 aliphatic heterocycles. The van der Waals surface area contributed by atoms with E-state index in [9.17, 15) is 0 Å². The second-order valence-corrected chi connectivity index (χ2v) is 5.57. The molecule has 0 saturated carbocycles. The topological polar surface area (TPSA) is 24.5 Å². The van der Waals surface area contributed by atoms with Gasteiger partial charge in [0.1, 0.15) is 5.75 Å². The molecular weight excluding hydrogens is 260 g/mol. The summed E-state index contributed by atoms with van der Waals surface area (Å²) in [5.74, 6) is 0.948. The number of nitrogens with one attached hydrogen (secondary N) is 1. The molecule has 0 amide bonds. The molecule has 0 atom stereocenters. The van der Waals surface area contributed by atoms with Crippen LogP contribution in [-0.4, -0.2) is 20.2 Å². The van der Waals surface area contributed by atoms with Crippen LogP contribution in [0.1, 0.15) is 19.4 Å². The van der Waals surface area contributed by atoms with E-state index in [-0.39, 0.29) is 6.10 Å². The van der Waals surface area contributed by atoms with Crippen molar-refractivity contribution in [3.05, 3.63) is 54.1 Å². The first-order valence-corrected chi connectivity index (χ1v) is 7.32. The van der Waals surface area contributed by atoms with Crippen LogP contribution in [0.4, 0.5) is 11.4 Å². The average molecular weight is 284 g/mol. The Morgan fingerprint density at radius 1 is 1.05 bits per heavy atom. The zero-order valence-corrected chi connectivity index (χ0v) is 13.3. The summed E-state index contributed by atoms with van der Waals surface area (Å²) >= 11 is 0. The van der Waals surface area contributed by atoms with Crippen LogP contribution in [0.3, 0.4) is 0 Å². The van der Waals surface area contributed by atoms with E-state index in [1.807, 2.05) is 46.1 Å². The van der Waals surface area contributed by atoms with Crippen molar-refractivity contribution in [1.29, 1.82) is 0 Å². The summed E-state index contributed by atoms with van der Waals surface area (Å²) in [6, 6.07) is 16.6. The zero-order valence-electron chi connectivity index (χ0n) is 13.3.